The van der Waals surface area contributed by atoms with E-state index in [0.29, 0.717) is 6.10 Å². The number of hydrogen-bond donors (Lipinski definition) is 1. The maximum Gasteiger partial charge on any atom is 0.213 e. The molecule has 1 aromatic heterocycles. The number of hydrogen-bond acceptors (Lipinski definition) is 3. The first kappa shape index (κ1) is 11.4. The Labute approximate surface area is 97.2 Å². The Balaban J connectivity index is 1.92. The Morgan fingerprint density at radius 1 is 1.44 bits per heavy atom. The fourth-order valence-electron chi connectivity index (χ4n) is 2.07. The van der Waals surface area contributed by atoms with E-state index in [1.807, 2.05) is 18.3 Å². The van der Waals surface area contributed by atoms with Crippen LogP contribution in [-0.4, -0.2) is 17.6 Å². The van der Waals surface area contributed by atoms with Gasteiger partial charge in [-0.1, -0.05) is 6.92 Å². The zero-order chi connectivity index (χ0) is 11.2. The van der Waals surface area contributed by atoms with Crippen molar-refractivity contribution in [3.05, 3.63) is 23.9 Å². The first-order valence-corrected chi connectivity index (χ1v) is 6.21. The standard InChI is InChI=1S/C13H20N2O/c1-2-14-10-11-7-8-15-13(9-11)16-12-5-3-4-6-12/h7-9,12,14H,2-6,10H2,1H3. The van der Waals surface area contributed by atoms with Crippen LogP contribution < -0.4 is 10.1 Å². The fraction of sp³-hybridized carbons (Fsp3) is 0.615. The summed E-state index contributed by atoms with van der Waals surface area (Å²) >= 11 is 0. The molecule has 1 aliphatic carbocycles. The van der Waals surface area contributed by atoms with Gasteiger partial charge in [0, 0.05) is 18.8 Å². The quantitative estimate of drug-likeness (QED) is 0.828. The van der Waals surface area contributed by atoms with Crippen LogP contribution in [0.2, 0.25) is 0 Å². The minimum absolute atomic E-state index is 0.391. The Hall–Kier alpha value is -1.09. The third kappa shape index (κ3) is 3.20. The van der Waals surface area contributed by atoms with Gasteiger partial charge in [0.2, 0.25) is 5.88 Å². The van der Waals surface area contributed by atoms with E-state index >= 15 is 0 Å². The molecule has 0 unspecified atom stereocenters. The summed E-state index contributed by atoms with van der Waals surface area (Å²) in [7, 11) is 0. The molecule has 1 aliphatic rings. The van der Waals surface area contributed by atoms with Crippen molar-refractivity contribution in [2.24, 2.45) is 0 Å². The molecule has 0 aliphatic heterocycles. The molecule has 0 spiro atoms. The summed E-state index contributed by atoms with van der Waals surface area (Å²) in [6.45, 7) is 3.98. The lowest BCUT2D eigenvalue weighted by molar-refractivity contribution is 0.201. The van der Waals surface area contributed by atoms with Crippen molar-refractivity contribution in [2.75, 3.05) is 6.54 Å². The minimum atomic E-state index is 0.391. The van der Waals surface area contributed by atoms with Crippen LogP contribution in [0.3, 0.4) is 0 Å². The minimum Gasteiger partial charge on any atom is -0.474 e. The lowest BCUT2D eigenvalue weighted by Gasteiger charge is -2.12. The van der Waals surface area contributed by atoms with Crippen LogP contribution in [0.4, 0.5) is 0 Å². The Morgan fingerprint density at radius 3 is 3.00 bits per heavy atom. The third-order valence-corrected chi connectivity index (χ3v) is 2.97. The second-order valence-electron chi connectivity index (χ2n) is 4.31. The first-order valence-electron chi connectivity index (χ1n) is 6.21. The summed E-state index contributed by atoms with van der Waals surface area (Å²) in [5, 5.41) is 3.30. The molecule has 1 N–H and O–H groups in total. The number of pyridine rings is 1. The zero-order valence-corrected chi connectivity index (χ0v) is 9.91. The van der Waals surface area contributed by atoms with Crippen LogP contribution in [0.5, 0.6) is 5.88 Å². The summed E-state index contributed by atoms with van der Waals surface area (Å²) in [6, 6.07) is 4.07. The second kappa shape index (κ2) is 5.85. The fourth-order valence-corrected chi connectivity index (χ4v) is 2.07. The van der Waals surface area contributed by atoms with E-state index in [0.717, 1.165) is 19.0 Å². The Bertz CT molecular complexity index is 321. The molecule has 0 amide bonds. The van der Waals surface area contributed by atoms with Crippen molar-refractivity contribution in [3.8, 4) is 5.88 Å². The smallest absolute Gasteiger partial charge is 0.213 e. The highest BCUT2D eigenvalue weighted by molar-refractivity contribution is 5.20. The SMILES string of the molecule is CCNCc1ccnc(OC2CCCC2)c1. The van der Waals surface area contributed by atoms with Crippen molar-refractivity contribution in [1.82, 2.24) is 10.3 Å². The Kier molecular flexibility index (Phi) is 4.17. The van der Waals surface area contributed by atoms with E-state index in [1.165, 1.54) is 31.2 Å². The van der Waals surface area contributed by atoms with Gasteiger partial charge in [0.25, 0.3) is 0 Å². The predicted molar refractivity (Wildman–Crippen MR) is 64.5 cm³/mol. The van der Waals surface area contributed by atoms with Gasteiger partial charge < -0.3 is 10.1 Å². The van der Waals surface area contributed by atoms with Gasteiger partial charge in [-0.15, -0.1) is 0 Å². The van der Waals surface area contributed by atoms with Gasteiger partial charge in [-0.2, -0.15) is 0 Å². The molecule has 3 heteroatoms. The summed E-state index contributed by atoms with van der Waals surface area (Å²) in [5.41, 5.74) is 1.24. The summed E-state index contributed by atoms with van der Waals surface area (Å²) in [6.07, 6.45) is 7.17. The van der Waals surface area contributed by atoms with E-state index in [4.69, 9.17) is 4.74 Å². The maximum atomic E-state index is 5.86. The van der Waals surface area contributed by atoms with Crippen LogP contribution in [-0.2, 0) is 6.54 Å². The van der Waals surface area contributed by atoms with E-state index in [1.54, 1.807) is 0 Å². The highest BCUT2D eigenvalue weighted by Crippen LogP contribution is 2.23. The molecule has 0 radical (unpaired) electrons. The largest absolute Gasteiger partial charge is 0.474 e. The van der Waals surface area contributed by atoms with Gasteiger partial charge in [0.1, 0.15) is 6.10 Å². The molecule has 1 saturated carbocycles. The molecule has 0 atom stereocenters. The molecular weight excluding hydrogens is 200 g/mol. The lowest BCUT2D eigenvalue weighted by Crippen LogP contribution is -2.14. The third-order valence-electron chi connectivity index (χ3n) is 2.97. The van der Waals surface area contributed by atoms with Gasteiger partial charge in [-0.3, -0.25) is 0 Å². The van der Waals surface area contributed by atoms with Crippen LogP contribution in [0.1, 0.15) is 38.2 Å². The molecule has 1 heterocycles. The van der Waals surface area contributed by atoms with Crippen LogP contribution in [0, 0.1) is 0 Å². The molecular formula is C13H20N2O. The lowest BCUT2D eigenvalue weighted by atomic mass is 10.2. The number of nitrogens with one attached hydrogen (secondary N) is 1. The van der Waals surface area contributed by atoms with Gasteiger partial charge in [-0.25, -0.2) is 4.98 Å². The van der Waals surface area contributed by atoms with Crippen LogP contribution in [0.15, 0.2) is 18.3 Å². The molecule has 0 aromatic carbocycles. The normalized spacial score (nSPS) is 16.6. The zero-order valence-electron chi connectivity index (χ0n) is 9.91. The molecule has 1 fully saturated rings. The molecule has 88 valence electrons. The highest BCUT2D eigenvalue weighted by atomic mass is 16.5. The monoisotopic (exact) mass is 220 g/mol. The van der Waals surface area contributed by atoms with Crippen molar-refractivity contribution in [3.63, 3.8) is 0 Å². The Morgan fingerprint density at radius 2 is 2.25 bits per heavy atom. The first-order chi connectivity index (χ1) is 7.88. The van der Waals surface area contributed by atoms with Crippen molar-refractivity contribution in [2.45, 2.75) is 45.3 Å². The molecule has 1 aromatic rings. The second-order valence-corrected chi connectivity index (χ2v) is 4.31. The van der Waals surface area contributed by atoms with E-state index in [9.17, 15) is 0 Å². The van der Waals surface area contributed by atoms with Crippen LogP contribution >= 0.6 is 0 Å². The summed E-state index contributed by atoms with van der Waals surface area (Å²) < 4.78 is 5.86. The molecule has 3 nitrogen and oxygen atoms in total. The summed E-state index contributed by atoms with van der Waals surface area (Å²) in [4.78, 5) is 4.26. The number of aromatic nitrogens is 1. The molecule has 0 bridgehead atoms. The van der Waals surface area contributed by atoms with Crippen LogP contribution in [0.25, 0.3) is 0 Å². The molecule has 0 saturated heterocycles. The van der Waals surface area contributed by atoms with E-state index in [2.05, 4.69) is 17.2 Å². The maximum absolute atomic E-state index is 5.86. The number of rotatable bonds is 5. The van der Waals surface area contributed by atoms with Crippen molar-refractivity contribution < 1.29 is 4.74 Å². The average Bonchev–Trinajstić information content (AvgIpc) is 2.80. The van der Waals surface area contributed by atoms with Crippen molar-refractivity contribution >= 4 is 0 Å². The van der Waals surface area contributed by atoms with Gasteiger partial charge in [0.15, 0.2) is 0 Å². The number of nitrogens with zero attached hydrogens (tertiary/aromatic N) is 1. The van der Waals surface area contributed by atoms with Gasteiger partial charge in [-0.05, 0) is 43.9 Å². The average molecular weight is 220 g/mol. The highest BCUT2D eigenvalue weighted by Gasteiger charge is 2.16. The van der Waals surface area contributed by atoms with Gasteiger partial charge >= 0.3 is 0 Å². The van der Waals surface area contributed by atoms with E-state index < -0.39 is 0 Å². The predicted octanol–water partition coefficient (Wildman–Crippen LogP) is 2.51. The number of ether oxygens (including phenoxy) is 1. The van der Waals surface area contributed by atoms with Crippen molar-refractivity contribution in [1.29, 1.82) is 0 Å². The van der Waals surface area contributed by atoms with E-state index in [-0.39, 0.29) is 0 Å². The molecule has 16 heavy (non-hydrogen) atoms. The van der Waals surface area contributed by atoms with Gasteiger partial charge in [0.05, 0.1) is 0 Å². The molecule has 2 rings (SSSR count). The summed E-state index contributed by atoms with van der Waals surface area (Å²) in [5.74, 6) is 0.780. The topological polar surface area (TPSA) is 34.2 Å².